The SMILES string of the molecule is Nc1cnccc1SCc1ccc(I)cc1. The fraction of sp³-hybridized carbons (Fsp3) is 0.0833. The molecule has 2 rings (SSSR count). The molecule has 0 saturated carbocycles. The van der Waals surface area contributed by atoms with E-state index in [0.717, 1.165) is 16.3 Å². The Morgan fingerprint density at radius 3 is 2.62 bits per heavy atom. The molecule has 0 saturated heterocycles. The molecule has 0 spiro atoms. The van der Waals surface area contributed by atoms with Crippen LogP contribution in [0, 0.1) is 3.57 Å². The Hall–Kier alpha value is -0.750. The second-order valence-electron chi connectivity index (χ2n) is 3.33. The highest BCUT2D eigenvalue weighted by atomic mass is 127. The Morgan fingerprint density at radius 1 is 1.19 bits per heavy atom. The van der Waals surface area contributed by atoms with Crippen molar-refractivity contribution in [3.05, 3.63) is 51.9 Å². The van der Waals surface area contributed by atoms with Crippen LogP contribution in [0.25, 0.3) is 0 Å². The maximum atomic E-state index is 5.82. The number of aromatic nitrogens is 1. The Kier molecular flexibility index (Phi) is 4.06. The Morgan fingerprint density at radius 2 is 1.94 bits per heavy atom. The van der Waals surface area contributed by atoms with Crippen molar-refractivity contribution in [2.24, 2.45) is 0 Å². The molecule has 2 aromatic rings. The van der Waals surface area contributed by atoms with Crippen LogP contribution in [0.15, 0.2) is 47.6 Å². The van der Waals surface area contributed by atoms with Crippen LogP contribution in [0.3, 0.4) is 0 Å². The summed E-state index contributed by atoms with van der Waals surface area (Å²) in [7, 11) is 0. The minimum Gasteiger partial charge on any atom is -0.397 e. The van der Waals surface area contributed by atoms with Crippen LogP contribution in [-0.2, 0) is 5.75 Å². The lowest BCUT2D eigenvalue weighted by Gasteiger charge is -2.04. The highest BCUT2D eigenvalue weighted by molar-refractivity contribution is 14.1. The van der Waals surface area contributed by atoms with Gasteiger partial charge in [0.25, 0.3) is 0 Å². The molecule has 0 bridgehead atoms. The normalized spacial score (nSPS) is 10.3. The van der Waals surface area contributed by atoms with Crippen LogP contribution in [0.4, 0.5) is 5.69 Å². The summed E-state index contributed by atoms with van der Waals surface area (Å²) in [5.41, 5.74) is 7.88. The lowest BCUT2D eigenvalue weighted by atomic mass is 10.2. The molecule has 0 fully saturated rings. The number of pyridine rings is 1. The molecule has 0 atom stereocenters. The number of thioether (sulfide) groups is 1. The predicted molar refractivity (Wildman–Crippen MR) is 77.4 cm³/mol. The van der Waals surface area contributed by atoms with Crippen molar-refractivity contribution < 1.29 is 0 Å². The first-order valence-corrected chi connectivity index (χ1v) is 6.89. The molecule has 1 heterocycles. The molecule has 0 aliphatic carbocycles. The van der Waals surface area contributed by atoms with Gasteiger partial charge in [0.05, 0.1) is 11.9 Å². The van der Waals surface area contributed by atoms with E-state index in [1.54, 1.807) is 24.2 Å². The lowest BCUT2D eigenvalue weighted by Crippen LogP contribution is -1.89. The molecule has 0 unspecified atom stereocenters. The number of nitrogens with zero attached hydrogens (tertiary/aromatic N) is 1. The van der Waals surface area contributed by atoms with E-state index in [9.17, 15) is 0 Å². The van der Waals surface area contributed by atoms with Crippen LogP contribution in [0.2, 0.25) is 0 Å². The minimum absolute atomic E-state index is 0.748. The fourth-order valence-corrected chi connectivity index (χ4v) is 2.52. The van der Waals surface area contributed by atoms with Gasteiger partial charge >= 0.3 is 0 Å². The third kappa shape index (κ3) is 3.12. The average molecular weight is 342 g/mol. The van der Waals surface area contributed by atoms with Crippen LogP contribution in [-0.4, -0.2) is 4.98 Å². The van der Waals surface area contributed by atoms with Crippen molar-refractivity contribution >= 4 is 40.0 Å². The van der Waals surface area contributed by atoms with Gasteiger partial charge in [-0.25, -0.2) is 0 Å². The summed E-state index contributed by atoms with van der Waals surface area (Å²) in [6.07, 6.45) is 3.46. The largest absolute Gasteiger partial charge is 0.397 e. The molecular weight excluding hydrogens is 331 g/mol. The van der Waals surface area contributed by atoms with Crippen molar-refractivity contribution in [2.75, 3.05) is 5.73 Å². The summed E-state index contributed by atoms with van der Waals surface area (Å²) in [4.78, 5) is 5.06. The minimum atomic E-state index is 0.748. The van der Waals surface area contributed by atoms with Gasteiger partial charge in [0.15, 0.2) is 0 Å². The topological polar surface area (TPSA) is 38.9 Å². The average Bonchev–Trinajstić information content (AvgIpc) is 2.30. The van der Waals surface area contributed by atoms with Crippen LogP contribution in [0.1, 0.15) is 5.56 Å². The molecule has 0 radical (unpaired) electrons. The Labute approximate surface area is 113 Å². The standard InChI is InChI=1S/C12H11IN2S/c13-10-3-1-9(2-4-10)8-16-12-5-6-15-7-11(12)14/h1-7H,8,14H2. The number of benzene rings is 1. The molecule has 1 aromatic carbocycles. The van der Waals surface area contributed by atoms with E-state index in [-0.39, 0.29) is 0 Å². The quantitative estimate of drug-likeness (QED) is 0.685. The lowest BCUT2D eigenvalue weighted by molar-refractivity contribution is 1.26. The van der Waals surface area contributed by atoms with Gasteiger partial charge in [-0.05, 0) is 46.4 Å². The second kappa shape index (κ2) is 5.54. The molecule has 0 aliphatic heterocycles. The summed E-state index contributed by atoms with van der Waals surface area (Å²) < 4.78 is 1.26. The van der Waals surface area contributed by atoms with Gasteiger partial charge in [-0.3, -0.25) is 4.98 Å². The molecule has 0 amide bonds. The van der Waals surface area contributed by atoms with Crippen LogP contribution < -0.4 is 5.73 Å². The summed E-state index contributed by atoms with van der Waals surface area (Å²) >= 11 is 4.05. The number of halogens is 1. The molecule has 4 heteroatoms. The maximum Gasteiger partial charge on any atom is 0.0638 e. The third-order valence-corrected chi connectivity index (χ3v) is 4.00. The molecule has 2 nitrogen and oxygen atoms in total. The fourth-order valence-electron chi connectivity index (χ4n) is 1.27. The van der Waals surface area contributed by atoms with Gasteiger partial charge in [0.1, 0.15) is 0 Å². The van der Waals surface area contributed by atoms with E-state index in [2.05, 4.69) is 51.8 Å². The number of hydrogen-bond donors (Lipinski definition) is 1. The zero-order valence-electron chi connectivity index (χ0n) is 8.56. The zero-order valence-corrected chi connectivity index (χ0v) is 11.5. The predicted octanol–water partition coefficient (Wildman–Crippen LogP) is 3.56. The van der Waals surface area contributed by atoms with Crippen molar-refractivity contribution in [2.45, 2.75) is 10.6 Å². The van der Waals surface area contributed by atoms with Gasteiger partial charge in [-0.1, -0.05) is 12.1 Å². The van der Waals surface area contributed by atoms with Gasteiger partial charge < -0.3 is 5.73 Å². The van der Waals surface area contributed by atoms with Gasteiger partial charge in [0, 0.05) is 20.4 Å². The summed E-state index contributed by atoms with van der Waals surface area (Å²) in [6, 6.07) is 10.5. The second-order valence-corrected chi connectivity index (χ2v) is 5.59. The first-order valence-electron chi connectivity index (χ1n) is 4.82. The monoisotopic (exact) mass is 342 g/mol. The van der Waals surface area contributed by atoms with E-state index in [1.807, 2.05) is 6.07 Å². The van der Waals surface area contributed by atoms with E-state index in [4.69, 9.17) is 5.73 Å². The van der Waals surface area contributed by atoms with Crippen molar-refractivity contribution in [1.82, 2.24) is 4.98 Å². The molecule has 82 valence electrons. The number of nitrogens with two attached hydrogens (primary N) is 1. The molecule has 0 aliphatic rings. The smallest absolute Gasteiger partial charge is 0.0638 e. The zero-order chi connectivity index (χ0) is 11.4. The van der Waals surface area contributed by atoms with Gasteiger partial charge in [-0.15, -0.1) is 11.8 Å². The van der Waals surface area contributed by atoms with E-state index in [1.165, 1.54) is 9.13 Å². The van der Waals surface area contributed by atoms with Crippen LogP contribution in [0.5, 0.6) is 0 Å². The summed E-state index contributed by atoms with van der Waals surface area (Å²) in [6.45, 7) is 0. The Bertz CT molecular complexity index is 471. The highest BCUT2D eigenvalue weighted by Crippen LogP contribution is 2.27. The van der Waals surface area contributed by atoms with Crippen molar-refractivity contribution in [1.29, 1.82) is 0 Å². The van der Waals surface area contributed by atoms with Gasteiger partial charge in [0.2, 0.25) is 0 Å². The molecule has 1 aromatic heterocycles. The molecular formula is C12H11IN2S. The molecule has 2 N–H and O–H groups in total. The Balaban J connectivity index is 2.02. The number of rotatable bonds is 3. The van der Waals surface area contributed by atoms with Crippen molar-refractivity contribution in [3.8, 4) is 0 Å². The summed E-state index contributed by atoms with van der Waals surface area (Å²) in [5.74, 6) is 0.936. The van der Waals surface area contributed by atoms with Crippen LogP contribution >= 0.6 is 34.4 Å². The summed E-state index contributed by atoms with van der Waals surface area (Å²) in [5, 5.41) is 0. The number of hydrogen-bond acceptors (Lipinski definition) is 3. The highest BCUT2D eigenvalue weighted by Gasteiger charge is 2.00. The van der Waals surface area contributed by atoms with Crippen molar-refractivity contribution in [3.63, 3.8) is 0 Å². The third-order valence-electron chi connectivity index (χ3n) is 2.12. The van der Waals surface area contributed by atoms with Gasteiger partial charge in [-0.2, -0.15) is 0 Å². The molecule has 16 heavy (non-hydrogen) atoms. The first kappa shape index (κ1) is 11.7. The number of anilines is 1. The maximum absolute atomic E-state index is 5.82. The van der Waals surface area contributed by atoms with E-state index >= 15 is 0 Å². The number of nitrogen functional groups attached to an aromatic ring is 1. The first-order chi connectivity index (χ1) is 7.75. The van der Waals surface area contributed by atoms with E-state index in [0.29, 0.717) is 0 Å². The van der Waals surface area contributed by atoms with E-state index < -0.39 is 0 Å².